The highest BCUT2D eigenvalue weighted by molar-refractivity contribution is 7.99. The second-order valence-corrected chi connectivity index (χ2v) is 10.9. The summed E-state index contributed by atoms with van der Waals surface area (Å²) in [6, 6.07) is 13.1. The first kappa shape index (κ1) is 20.2. The van der Waals surface area contributed by atoms with Crippen molar-refractivity contribution in [2.24, 2.45) is 23.2 Å². The number of rotatable bonds is 5. The summed E-state index contributed by atoms with van der Waals surface area (Å²) < 4.78 is 15.0. The van der Waals surface area contributed by atoms with Crippen LogP contribution in [0.3, 0.4) is 0 Å². The fourth-order valence-electron chi connectivity index (χ4n) is 6.76. The molecule has 32 heavy (non-hydrogen) atoms. The molecule has 0 amide bonds. The summed E-state index contributed by atoms with van der Waals surface area (Å²) in [6.07, 6.45) is 7.01. The van der Waals surface area contributed by atoms with E-state index >= 15 is 0 Å². The van der Waals surface area contributed by atoms with E-state index in [0.29, 0.717) is 51.0 Å². The molecular formula is C26H25FN2O2S. The molecule has 4 nitrogen and oxygen atoms in total. The standard InChI is InChI=1S/C26H25FN2O2S/c27-19-5-7-20(8-6-19)29-24(31)21-3-1-2-4-22(21)28-25(29)32-15-23(30)26-12-16-9-17(13-26)11-18(10-16)14-26/h1-8,16-18H,9-15H2. The third-order valence-electron chi connectivity index (χ3n) is 7.79. The summed E-state index contributed by atoms with van der Waals surface area (Å²) in [7, 11) is 0. The topological polar surface area (TPSA) is 52.0 Å². The van der Waals surface area contributed by atoms with Gasteiger partial charge in [-0.05, 0) is 92.7 Å². The maximum atomic E-state index is 13.5. The van der Waals surface area contributed by atoms with E-state index in [0.717, 1.165) is 19.3 Å². The zero-order chi connectivity index (χ0) is 21.9. The van der Waals surface area contributed by atoms with Gasteiger partial charge in [0, 0.05) is 5.41 Å². The van der Waals surface area contributed by atoms with Gasteiger partial charge in [0.1, 0.15) is 11.6 Å². The molecule has 4 aliphatic carbocycles. The van der Waals surface area contributed by atoms with Crippen LogP contribution in [0, 0.1) is 29.0 Å². The van der Waals surface area contributed by atoms with Crippen LogP contribution in [0.4, 0.5) is 4.39 Å². The number of hydrogen-bond donors (Lipinski definition) is 0. The first-order valence-electron chi connectivity index (χ1n) is 11.4. The van der Waals surface area contributed by atoms with Gasteiger partial charge in [0.2, 0.25) is 0 Å². The number of Topliss-reactive ketones (excluding diaryl/α,β-unsaturated/α-hetero) is 1. The zero-order valence-corrected chi connectivity index (χ0v) is 18.6. The third kappa shape index (κ3) is 3.31. The fraction of sp³-hybridized carbons (Fsp3) is 0.423. The van der Waals surface area contributed by atoms with Crippen LogP contribution in [0.1, 0.15) is 38.5 Å². The number of nitrogens with zero attached hydrogens (tertiary/aromatic N) is 2. The molecule has 4 bridgehead atoms. The minimum Gasteiger partial charge on any atom is -0.298 e. The maximum Gasteiger partial charge on any atom is 0.266 e. The predicted octanol–water partition coefficient (Wildman–Crippen LogP) is 5.40. The molecule has 4 aliphatic rings. The lowest BCUT2D eigenvalue weighted by Crippen LogP contribution is -2.50. The van der Waals surface area contributed by atoms with Gasteiger partial charge in [-0.2, -0.15) is 0 Å². The van der Waals surface area contributed by atoms with Crippen molar-refractivity contribution in [1.82, 2.24) is 9.55 Å². The van der Waals surface area contributed by atoms with Crippen molar-refractivity contribution in [3.63, 3.8) is 0 Å². The van der Waals surface area contributed by atoms with Crippen molar-refractivity contribution < 1.29 is 9.18 Å². The van der Waals surface area contributed by atoms with Gasteiger partial charge in [0.05, 0.1) is 22.3 Å². The van der Waals surface area contributed by atoms with Gasteiger partial charge in [-0.15, -0.1) is 0 Å². The SMILES string of the molecule is O=C(CSc1nc2ccccc2c(=O)n1-c1ccc(F)cc1)C12CC3CC(CC(C3)C1)C2. The van der Waals surface area contributed by atoms with Crippen molar-refractivity contribution in [3.05, 3.63) is 64.7 Å². The smallest absolute Gasteiger partial charge is 0.266 e. The molecule has 1 aromatic heterocycles. The Morgan fingerprint density at radius 1 is 1.00 bits per heavy atom. The van der Waals surface area contributed by atoms with E-state index in [2.05, 4.69) is 0 Å². The molecular weight excluding hydrogens is 423 g/mol. The van der Waals surface area contributed by atoms with Crippen LogP contribution in [-0.2, 0) is 4.79 Å². The maximum absolute atomic E-state index is 13.5. The number of hydrogen-bond acceptors (Lipinski definition) is 4. The van der Waals surface area contributed by atoms with Crippen LogP contribution < -0.4 is 5.56 Å². The average molecular weight is 449 g/mol. The number of thioether (sulfide) groups is 1. The van der Waals surface area contributed by atoms with Crippen molar-refractivity contribution in [3.8, 4) is 5.69 Å². The predicted molar refractivity (Wildman–Crippen MR) is 124 cm³/mol. The number of benzene rings is 2. The van der Waals surface area contributed by atoms with Crippen molar-refractivity contribution in [2.75, 3.05) is 5.75 Å². The van der Waals surface area contributed by atoms with E-state index in [1.165, 1.54) is 47.7 Å². The average Bonchev–Trinajstić information content (AvgIpc) is 2.77. The quantitative estimate of drug-likeness (QED) is 0.387. The number of halogens is 1. The van der Waals surface area contributed by atoms with Gasteiger partial charge in [-0.25, -0.2) is 9.37 Å². The van der Waals surface area contributed by atoms with Gasteiger partial charge in [-0.1, -0.05) is 23.9 Å². The van der Waals surface area contributed by atoms with Crippen molar-refractivity contribution in [1.29, 1.82) is 0 Å². The summed E-state index contributed by atoms with van der Waals surface area (Å²) in [5, 5.41) is 0.993. The van der Waals surface area contributed by atoms with E-state index in [1.54, 1.807) is 18.2 Å². The molecule has 0 unspecified atom stereocenters. The molecule has 4 fully saturated rings. The summed E-state index contributed by atoms with van der Waals surface area (Å²) in [6.45, 7) is 0. The minimum absolute atomic E-state index is 0.167. The normalized spacial score (nSPS) is 28.3. The number of carbonyl (C=O) groups is 1. The Bertz CT molecular complexity index is 1230. The number of carbonyl (C=O) groups excluding carboxylic acids is 1. The van der Waals surface area contributed by atoms with Crippen LogP contribution in [0.15, 0.2) is 58.5 Å². The molecule has 0 aliphatic heterocycles. The van der Waals surface area contributed by atoms with Gasteiger partial charge >= 0.3 is 0 Å². The number of ketones is 1. The Morgan fingerprint density at radius 3 is 2.28 bits per heavy atom. The summed E-state index contributed by atoms with van der Waals surface area (Å²) in [4.78, 5) is 31.6. The molecule has 6 heteroatoms. The molecule has 7 rings (SSSR count). The third-order valence-corrected chi connectivity index (χ3v) is 8.73. The van der Waals surface area contributed by atoms with E-state index in [1.807, 2.05) is 18.2 Å². The van der Waals surface area contributed by atoms with Crippen LogP contribution in [0.2, 0.25) is 0 Å². The van der Waals surface area contributed by atoms with Gasteiger partial charge in [-0.3, -0.25) is 14.2 Å². The lowest BCUT2D eigenvalue weighted by atomic mass is 9.48. The van der Waals surface area contributed by atoms with Crippen LogP contribution >= 0.6 is 11.8 Å². The van der Waals surface area contributed by atoms with Crippen molar-refractivity contribution >= 4 is 28.4 Å². The van der Waals surface area contributed by atoms with Crippen LogP contribution in [0.5, 0.6) is 0 Å². The molecule has 3 aromatic rings. The highest BCUT2D eigenvalue weighted by Crippen LogP contribution is 2.60. The lowest BCUT2D eigenvalue weighted by molar-refractivity contribution is -0.141. The van der Waals surface area contributed by atoms with Gasteiger partial charge in [0.15, 0.2) is 5.16 Å². The molecule has 0 spiro atoms. The molecule has 2 aromatic carbocycles. The lowest BCUT2D eigenvalue weighted by Gasteiger charge is -2.56. The molecule has 0 radical (unpaired) electrons. The Balaban J connectivity index is 1.35. The second-order valence-electron chi connectivity index (χ2n) is 9.94. The largest absolute Gasteiger partial charge is 0.298 e. The monoisotopic (exact) mass is 448 g/mol. The van der Waals surface area contributed by atoms with E-state index in [-0.39, 0.29) is 16.8 Å². The summed E-state index contributed by atoms with van der Waals surface area (Å²) >= 11 is 1.34. The molecule has 0 saturated heterocycles. The molecule has 1 heterocycles. The Kier molecular flexibility index (Phi) is 4.75. The summed E-state index contributed by atoms with van der Waals surface area (Å²) in [5.41, 5.74) is 0.798. The molecule has 0 atom stereocenters. The first-order valence-corrected chi connectivity index (χ1v) is 12.4. The first-order chi connectivity index (χ1) is 15.5. The zero-order valence-electron chi connectivity index (χ0n) is 17.8. The molecule has 164 valence electrons. The highest BCUT2D eigenvalue weighted by atomic mass is 32.2. The summed E-state index contributed by atoms with van der Waals surface area (Å²) in [5.74, 6) is 2.42. The molecule has 4 saturated carbocycles. The number of para-hydroxylation sites is 1. The van der Waals surface area contributed by atoms with Gasteiger partial charge < -0.3 is 0 Å². The van der Waals surface area contributed by atoms with E-state index in [9.17, 15) is 14.0 Å². The number of aromatic nitrogens is 2. The van der Waals surface area contributed by atoms with E-state index < -0.39 is 0 Å². The Morgan fingerprint density at radius 2 is 1.62 bits per heavy atom. The minimum atomic E-state index is -0.359. The van der Waals surface area contributed by atoms with Gasteiger partial charge in [0.25, 0.3) is 5.56 Å². The Labute approximate surface area is 190 Å². The molecule has 0 N–H and O–H groups in total. The second kappa shape index (κ2) is 7.55. The Hall–Kier alpha value is -2.47. The van der Waals surface area contributed by atoms with Crippen LogP contribution in [-0.4, -0.2) is 21.1 Å². The van der Waals surface area contributed by atoms with Crippen molar-refractivity contribution in [2.45, 2.75) is 43.7 Å². The fourth-order valence-corrected chi connectivity index (χ4v) is 7.81. The number of fused-ring (bicyclic) bond motifs is 1. The highest BCUT2D eigenvalue weighted by Gasteiger charge is 2.54. The van der Waals surface area contributed by atoms with E-state index in [4.69, 9.17) is 4.98 Å². The van der Waals surface area contributed by atoms with Crippen LogP contribution in [0.25, 0.3) is 16.6 Å².